The third-order valence-electron chi connectivity index (χ3n) is 3.39. The van der Waals surface area contributed by atoms with Crippen LogP contribution in [0.25, 0.3) is 0 Å². The fourth-order valence-electron chi connectivity index (χ4n) is 2.02. The minimum atomic E-state index is -3.85. The highest BCUT2D eigenvalue weighted by atomic mass is 32.2. The van der Waals surface area contributed by atoms with Gasteiger partial charge in [0.25, 0.3) is 0 Å². The second-order valence-electron chi connectivity index (χ2n) is 5.26. The summed E-state index contributed by atoms with van der Waals surface area (Å²) in [6.45, 7) is 2.18. The lowest BCUT2D eigenvalue weighted by molar-refractivity contribution is 0.466. The molecule has 23 heavy (non-hydrogen) atoms. The van der Waals surface area contributed by atoms with Gasteiger partial charge in [-0.1, -0.05) is 29.8 Å². The molecule has 2 N–H and O–H groups in total. The van der Waals surface area contributed by atoms with Gasteiger partial charge in [-0.3, -0.25) is 0 Å². The number of hydrogen-bond acceptors (Lipinski definition) is 4. The summed E-state index contributed by atoms with van der Waals surface area (Å²) in [4.78, 5) is -0.114. The van der Waals surface area contributed by atoms with E-state index in [1.54, 1.807) is 0 Å². The molecule has 6 nitrogen and oxygen atoms in total. The van der Waals surface area contributed by atoms with Crippen LogP contribution in [0, 0.1) is 6.92 Å². The average Bonchev–Trinajstić information content (AvgIpc) is 2.48. The van der Waals surface area contributed by atoms with Crippen LogP contribution in [0.15, 0.2) is 58.3 Å². The molecule has 0 aliphatic heterocycles. The predicted molar refractivity (Wildman–Crippen MR) is 87.6 cm³/mol. The van der Waals surface area contributed by atoms with E-state index >= 15 is 0 Å². The van der Waals surface area contributed by atoms with Crippen LogP contribution < -0.4 is 5.14 Å². The lowest BCUT2D eigenvalue weighted by Crippen LogP contribution is -2.26. The summed E-state index contributed by atoms with van der Waals surface area (Å²) in [5, 5.41) is 5.00. The fourth-order valence-corrected chi connectivity index (χ4v) is 3.69. The molecule has 124 valence electrons. The van der Waals surface area contributed by atoms with E-state index in [0.29, 0.717) is 0 Å². The zero-order chi connectivity index (χ0) is 17.3. The molecule has 0 atom stereocenters. The van der Waals surface area contributed by atoms with Gasteiger partial charge in [-0.05, 0) is 36.8 Å². The summed E-state index contributed by atoms with van der Waals surface area (Å²) < 4.78 is 48.7. The number of benzene rings is 2. The molecule has 2 aromatic rings. The quantitative estimate of drug-likeness (QED) is 0.879. The minimum absolute atomic E-state index is 0.0134. The van der Waals surface area contributed by atoms with Gasteiger partial charge >= 0.3 is 0 Å². The van der Waals surface area contributed by atoms with Gasteiger partial charge < -0.3 is 0 Å². The first-order valence-corrected chi connectivity index (χ1v) is 9.74. The maximum Gasteiger partial charge on any atom is 0.243 e. The molecule has 0 amide bonds. The first kappa shape index (κ1) is 17.6. The SMILES string of the molecule is Cc1ccc(CN(C)S(=O)(=O)c2ccc(S(N)(=O)=O)cc2)cc1. The zero-order valence-electron chi connectivity index (χ0n) is 12.8. The van der Waals surface area contributed by atoms with E-state index in [1.165, 1.54) is 35.6 Å². The molecular formula is C15H18N2O4S2. The monoisotopic (exact) mass is 354 g/mol. The van der Waals surface area contributed by atoms with Gasteiger partial charge in [0.15, 0.2) is 0 Å². The normalized spacial score (nSPS) is 12.5. The Morgan fingerprint density at radius 2 is 1.35 bits per heavy atom. The van der Waals surface area contributed by atoms with E-state index in [1.807, 2.05) is 31.2 Å². The first-order valence-electron chi connectivity index (χ1n) is 6.75. The summed E-state index contributed by atoms with van der Waals surface area (Å²) >= 11 is 0. The van der Waals surface area contributed by atoms with Crippen molar-refractivity contribution in [2.75, 3.05) is 7.05 Å². The van der Waals surface area contributed by atoms with Gasteiger partial charge in [0.2, 0.25) is 20.0 Å². The molecule has 0 heterocycles. The number of rotatable bonds is 5. The van der Waals surface area contributed by atoms with Crippen LogP contribution in [0.3, 0.4) is 0 Å². The van der Waals surface area contributed by atoms with E-state index in [9.17, 15) is 16.8 Å². The fraction of sp³-hybridized carbons (Fsp3) is 0.200. The molecule has 0 bridgehead atoms. The van der Waals surface area contributed by atoms with Crippen LogP contribution in [0.5, 0.6) is 0 Å². The third-order valence-corrected chi connectivity index (χ3v) is 6.13. The summed E-state index contributed by atoms with van der Waals surface area (Å²) in [7, 11) is -6.08. The molecule has 0 spiro atoms. The van der Waals surface area contributed by atoms with Crippen molar-refractivity contribution in [1.82, 2.24) is 4.31 Å². The summed E-state index contributed by atoms with van der Waals surface area (Å²) in [5.41, 5.74) is 1.96. The van der Waals surface area contributed by atoms with E-state index < -0.39 is 20.0 Å². The second-order valence-corrected chi connectivity index (χ2v) is 8.87. The molecule has 0 unspecified atom stereocenters. The maximum atomic E-state index is 12.5. The molecule has 0 saturated heterocycles. The van der Waals surface area contributed by atoms with E-state index in [4.69, 9.17) is 5.14 Å². The van der Waals surface area contributed by atoms with E-state index in [2.05, 4.69) is 0 Å². The van der Waals surface area contributed by atoms with Crippen LogP contribution >= 0.6 is 0 Å². The Hall–Kier alpha value is -1.74. The molecule has 0 aromatic heterocycles. The molecule has 2 rings (SSSR count). The smallest absolute Gasteiger partial charge is 0.225 e. The molecule has 0 fully saturated rings. The lowest BCUT2D eigenvalue weighted by Gasteiger charge is -2.17. The number of aryl methyl sites for hydroxylation is 1. The van der Waals surface area contributed by atoms with Crippen LogP contribution in [0.1, 0.15) is 11.1 Å². The third kappa shape index (κ3) is 4.17. The number of nitrogens with two attached hydrogens (primary N) is 1. The summed E-state index contributed by atoms with van der Waals surface area (Å²) in [6.07, 6.45) is 0. The van der Waals surface area contributed by atoms with Crippen molar-refractivity contribution in [3.63, 3.8) is 0 Å². The Bertz CT molecular complexity index is 887. The number of sulfonamides is 2. The van der Waals surface area contributed by atoms with Crippen LogP contribution in [0.2, 0.25) is 0 Å². The van der Waals surface area contributed by atoms with Crippen molar-refractivity contribution < 1.29 is 16.8 Å². The van der Waals surface area contributed by atoms with Crippen molar-refractivity contribution in [2.24, 2.45) is 5.14 Å². The average molecular weight is 354 g/mol. The highest BCUT2D eigenvalue weighted by molar-refractivity contribution is 7.89. The van der Waals surface area contributed by atoms with Crippen molar-refractivity contribution in [2.45, 2.75) is 23.3 Å². The maximum absolute atomic E-state index is 12.5. The van der Waals surface area contributed by atoms with Crippen LogP contribution in [0.4, 0.5) is 0 Å². The summed E-state index contributed by atoms with van der Waals surface area (Å²) in [6, 6.07) is 12.4. The molecule has 0 aliphatic carbocycles. The largest absolute Gasteiger partial charge is 0.243 e. The number of primary sulfonamides is 1. The van der Waals surface area contributed by atoms with Gasteiger partial charge in [-0.15, -0.1) is 0 Å². The molecular weight excluding hydrogens is 336 g/mol. The van der Waals surface area contributed by atoms with Crippen molar-refractivity contribution in [1.29, 1.82) is 0 Å². The van der Waals surface area contributed by atoms with Gasteiger partial charge in [0, 0.05) is 13.6 Å². The Morgan fingerprint density at radius 3 is 1.83 bits per heavy atom. The number of hydrogen-bond donors (Lipinski definition) is 1. The van der Waals surface area contributed by atoms with Crippen molar-refractivity contribution in [3.8, 4) is 0 Å². The summed E-state index contributed by atoms with van der Waals surface area (Å²) in [5.74, 6) is 0. The Labute approximate surface area is 136 Å². The molecule has 0 aliphatic rings. The zero-order valence-corrected chi connectivity index (χ0v) is 14.4. The molecule has 0 saturated carbocycles. The second kappa shape index (κ2) is 6.40. The van der Waals surface area contributed by atoms with Gasteiger partial charge in [0.05, 0.1) is 9.79 Å². The van der Waals surface area contributed by atoms with Crippen molar-refractivity contribution in [3.05, 3.63) is 59.7 Å². The van der Waals surface area contributed by atoms with Crippen LogP contribution in [-0.4, -0.2) is 28.2 Å². The minimum Gasteiger partial charge on any atom is -0.225 e. The highest BCUT2D eigenvalue weighted by Crippen LogP contribution is 2.19. The molecule has 0 radical (unpaired) electrons. The number of nitrogens with zero attached hydrogens (tertiary/aromatic N) is 1. The van der Waals surface area contributed by atoms with Gasteiger partial charge in [-0.25, -0.2) is 22.0 Å². The predicted octanol–water partition coefficient (Wildman–Crippen LogP) is 1.46. The van der Waals surface area contributed by atoms with Crippen LogP contribution in [-0.2, 0) is 26.6 Å². The Balaban J connectivity index is 2.25. The Morgan fingerprint density at radius 1 is 0.870 bits per heavy atom. The van der Waals surface area contributed by atoms with Gasteiger partial charge in [-0.2, -0.15) is 4.31 Å². The topological polar surface area (TPSA) is 97.5 Å². The lowest BCUT2D eigenvalue weighted by atomic mass is 10.1. The molecule has 8 heteroatoms. The first-order chi connectivity index (χ1) is 10.6. The van der Waals surface area contributed by atoms with E-state index in [0.717, 1.165) is 11.1 Å². The molecule has 2 aromatic carbocycles. The standard InChI is InChI=1S/C15H18N2O4S2/c1-12-3-5-13(6-4-12)11-17(2)23(20,21)15-9-7-14(8-10-15)22(16,18)19/h3-10H,11H2,1-2H3,(H2,16,18,19). The van der Waals surface area contributed by atoms with Gasteiger partial charge in [0.1, 0.15) is 0 Å². The Kier molecular flexibility index (Phi) is 4.90. The highest BCUT2D eigenvalue weighted by Gasteiger charge is 2.21. The van der Waals surface area contributed by atoms with E-state index in [-0.39, 0.29) is 16.3 Å². The van der Waals surface area contributed by atoms with Crippen molar-refractivity contribution >= 4 is 20.0 Å².